The molecule has 0 aliphatic carbocycles. The number of piperazine rings is 1. The maximum atomic E-state index is 12.5. The molecule has 0 atom stereocenters. The lowest BCUT2D eigenvalue weighted by molar-refractivity contribution is 0.0638. The van der Waals surface area contributed by atoms with Crippen LogP contribution in [0.1, 0.15) is 41.6 Å². The number of nitrogens with one attached hydrogen (secondary N) is 1. The average molecular weight is 427 g/mol. The van der Waals surface area contributed by atoms with Gasteiger partial charge < -0.3 is 14.7 Å². The molecule has 1 amide bonds. The first-order valence-electron chi connectivity index (χ1n) is 9.46. The number of aromatic nitrogens is 1. The number of benzene rings is 1. The number of rotatable bonds is 7. The zero-order valence-electron chi connectivity index (χ0n) is 16.4. The van der Waals surface area contributed by atoms with Crippen molar-refractivity contribution in [3.8, 4) is 0 Å². The van der Waals surface area contributed by atoms with Gasteiger partial charge in [0.2, 0.25) is 0 Å². The van der Waals surface area contributed by atoms with Gasteiger partial charge in [-0.25, -0.2) is 0 Å². The zero-order chi connectivity index (χ0) is 19.2. The first-order chi connectivity index (χ1) is 13.0. The molecule has 154 valence electrons. The molecule has 1 N–H and O–H groups in total. The van der Waals surface area contributed by atoms with E-state index in [1.54, 1.807) is 24.3 Å². The van der Waals surface area contributed by atoms with Crippen molar-refractivity contribution in [1.29, 1.82) is 0 Å². The highest BCUT2D eigenvalue weighted by molar-refractivity contribution is 6.30. The minimum absolute atomic E-state index is 0. The lowest BCUT2D eigenvalue weighted by atomic mass is 10.1. The number of amides is 1. The Bertz CT molecular complexity index is 741. The fraction of sp³-hybridized carbons (Fsp3) is 0.500. The van der Waals surface area contributed by atoms with E-state index in [2.05, 4.69) is 29.2 Å². The van der Waals surface area contributed by atoms with Gasteiger partial charge in [-0.15, -0.1) is 12.4 Å². The number of hydrogen-bond acceptors (Lipinski definition) is 5. The van der Waals surface area contributed by atoms with Crippen molar-refractivity contribution in [2.24, 2.45) is 0 Å². The molecule has 0 saturated carbocycles. The van der Waals surface area contributed by atoms with Crippen molar-refractivity contribution in [1.82, 2.24) is 20.3 Å². The highest BCUT2D eigenvalue weighted by atomic mass is 35.5. The van der Waals surface area contributed by atoms with E-state index in [0.29, 0.717) is 23.0 Å². The Morgan fingerprint density at radius 3 is 2.50 bits per heavy atom. The number of carbonyl (C=O) groups excluding carboxylic acids is 1. The van der Waals surface area contributed by atoms with E-state index >= 15 is 0 Å². The summed E-state index contributed by atoms with van der Waals surface area (Å²) < 4.78 is 5.33. The fourth-order valence-electron chi connectivity index (χ4n) is 3.08. The van der Waals surface area contributed by atoms with Crippen LogP contribution in [0.3, 0.4) is 0 Å². The molecule has 28 heavy (non-hydrogen) atoms. The SMILES string of the molecule is CC(C)c1cc(CNCCN2CCN(C(=O)c3ccc(Cl)cc3)CC2)on1.Cl. The summed E-state index contributed by atoms with van der Waals surface area (Å²) in [4.78, 5) is 16.8. The van der Waals surface area contributed by atoms with Gasteiger partial charge >= 0.3 is 0 Å². The maximum Gasteiger partial charge on any atom is 0.253 e. The van der Waals surface area contributed by atoms with Crippen LogP contribution in [0.2, 0.25) is 5.02 Å². The summed E-state index contributed by atoms with van der Waals surface area (Å²) in [7, 11) is 0. The average Bonchev–Trinajstić information content (AvgIpc) is 3.15. The molecule has 1 aliphatic heterocycles. The minimum Gasteiger partial charge on any atom is -0.360 e. The Labute approximate surface area is 177 Å². The van der Waals surface area contributed by atoms with Gasteiger partial charge in [0.25, 0.3) is 5.91 Å². The van der Waals surface area contributed by atoms with E-state index in [-0.39, 0.29) is 18.3 Å². The van der Waals surface area contributed by atoms with E-state index in [4.69, 9.17) is 16.1 Å². The predicted molar refractivity (Wildman–Crippen MR) is 113 cm³/mol. The summed E-state index contributed by atoms with van der Waals surface area (Å²) in [5.41, 5.74) is 1.69. The fourth-order valence-corrected chi connectivity index (χ4v) is 3.21. The molecule has 1 saturated heterocycles. The van der Waals surface area contributed by atoms with Gasteiger partial charge in [0, 0.05) is 55.9 Å². The third-order valence-electron chi connectivity index (χ3n) is 4.82. The summed E-state index contributed by atoms with van der Waals surface area (Å²) in [6.45, 7) is 10.0. The molecule has 8 heteroatoms. The molecule has 0 unspecified atom stereocenters. The molecule has 1 aromatic heterocycles. The molecule has 0 bridgehead atoms. The van der Waals surface area contributed by atoms with Crippen molar-refractivity contribution >= 4 is 29.9 Å². The second kappa shape index (κ2) is 10.8. The number of carbonyl (C=O) groups is 1. The Morgan fingerprint density at radius 1 is 1.21 bits per heavy atom. The summed E-state index contributed by atoms with van der Waals surface area (Å²) in [5, 5.41) is 8.11. The molecular formula is C20H28Cl2N4O2. The van der Waals surface area contributed by atoms with Crippen LogP contribution < -0.4 is 5.32 Å². The minimum atomic E-state index is 0. The van der Waals surface area contributed by atoms with Crippen LogP contribution in [0.5, 0.6) is 0 Å². The Hall–Kier alpha value is -1.60. The highest BCUT2D eigenvalue weighted by Gasteiger charge is 2.21. The highest BCUT2D eigenvalue weighted by Crippen LogP contribution is 2.14. The second-order valence-electron chi connectivity index (χ2n) is 7.19. The Kier molecular flexibility index (Phi) is 8.76. The normalized spacial score (nSPS) is 14.9. The first-order valence-corrected chi connectivity index (χ1v) is 9.84. The monoisotopic (exact) mass is 426 g/mol. The van der Waals surface area contributed by atoms with Crippen molar-refractivity contribution in [2.75, 3.05) is 39.3 Å². The molecule has 3 rings (SSSR count). The zero-order valence-corrected chi connectivity index (χ0v) is 17.9. The molecule has 1 aliphatic rings. The molecule has 0 radical (unpaired) electrons. The summed E-state index contributed by atoms with van der Waals surface area (Å²) in [6.07, 6.45) is 0. The van der Waals surface area contributed by atoms with Gasteiger partial charge in [-0.05, 0) is 30.2 Å². The third-order valence-corrected chi connectivity index (χ3v) is 5.08. The van der Waals surface area contributed by atoms with E-state index < -0.39 is 0 Å². The lowest BCUT2D eigenvalue weighted by Crippen LogP contribution is -2.50. The maximum absolute atomic E-state index is 12.5. The van der Waals surface area contributed by atoms with Gasteiger partial charge in [0.05, 0.1) is 12.2 Å². The van der Waals surface area contributed by atoms with Crippen LogP contribution in [0.4, 0.5) is 0 Å². The lowest BCUT2D eigenvalue weighted by Gasteiger charge is -2.34. The van der Waals surface area contributed by atoms with Crippen LogP contribution in [0.15, 0.2) is 34.9 Å². The van der Waals surface area contributed by atoms with E-state index in [1.165, 1.54) is 0 Å². The number of hydrogen-bond donors (Lipinski definition) is 1. The molecule has 6 nitrogen and oxygen atoms in total. The smallest absolute Gasteiger partial charge is 0.253 e. The Balaban J connectivity index is 0.00000280. The van der Waals surface area contributed by atoms with Gasteiger partial charge in [0.15, 0.2) is 5.76 Å². The van der Waals surface area contributed by atoms with E-state index in [1.807, 2.05) is 11.0 Å². The molecule has 2 heterocycles. The third kappa shape index (κ3) is 6.21. The van der Waals surface area contributed by atoms with Gasteiger partial charge in [-0.1, -0.05) is 30.6 Å². The van der Waals surface area contributed by atoms with Crippen LogP contribution in [0.25, 0.3) is 0 Å². The topological polar surface area (TPSA) is 61.6 Å². The number of halogens is 2. The largest absolute Gasteiger partial charge is 0.360 e. The van der Waals surface area contributed by atoms with Crippen LogP contribution in [-0.2, 0) is 6.54 Å². The van der Waals surface area contributed by atoms with Crippen molar-refractivity contribution in [3.63, 3.8) is 0 Å². The van der Waals surface area contributed by atoms with E-state index in [0.717, 1.165) is 50.7 Å². The van der Waals surface area contributed by atoms with Crippen LogP contribution in [0, 0.1) is 0 Å². The molecule has 1 aromatic carbocycles. The van der Waals surface area contributed by atoms with Crippen molar-refractivity contribution < 1.29 is 9.32 Å². The van der Waals surface area contributed by atoms with Crippen molar-refractivity contribution in [3.05, 3.63) is 52.4 Å². The second-order valence-corrected chi connectivity index (χ2v) is 7.63. The first kappa shape index (κ1) is 22.7. The molecule has 0 spiro atoms. The quantitative estimate of drug-likeness (QED) is 0.687. The molecular weight excluding hydrogens is 399 g/mol. The van der Waals surface area contributed by atoms with E-state index in [9.17, 15) is 4.79 Å². The van der Waals surface area contributed by atoms with Crippen LogP contribution >= 0.6 is 24.0 Å². The standard InChI is InChI=1S/C20H27ClN4O2.ClH/c1-15(2)19-13-18(27-23-19)14-22-7-8-24-9-11-25(12-10-24)20(26)16-3-5-17(21)6-4-16;/h3-6,13,15,22H,7-12,14H2,1-2H3;1H. The summed E-state index contributed by atoms with van der Waals surface area (Å²) in [5.74, 6) is 1.34. The van der Waals surface area contributed by atoms with Gasteiger partial charge in [-0.2, -0.15) is 0 Å². The van der Waals surface area contributed by atoms with Gasteiger partial charge in [-0.3, -0.25) is 9.69 Å². The van der Waals surface area contributed by atoms with Gasteiger partial charge in [0.1, 0.15) is 0 Å². The van der Waals surface area contributed by atoms with Crippen LogP contribution in [-0.4, -0.2) is 60.1 Å². The number of nitrogens with zero attached hydrogens (tertiary/aromatic N) is 3. The predicted octanol–water partition coefficient (Wildman–Crippen LogP) is 3.42. The summed E-state index contributed by atoms with van der Waals surface area (Å²) >= 11 is 5.89. The molecule has 2 aromatic rings. The summed E-state index contributed by atoms with van der Waals surface area (Å²) in [6, 6.07) is 9.11. The Morgan fingerprint density at radius 2 is 1.89 bits per heavy atom. The molecule has 1 fully saturated rings. The van der Waals surface area contributed by atoms with Crippen molar-refractivity contribution in [2.45, 2.75) is 26.3 Å².